The molecule has 4 atom stereocenters. The van der Waals surface area contributed by atoms with Crippen molar-refractivity contribution in [2.75, 3.05) is 5.75 Å². The van der Waals surface area contributed by atoms with Crippen molar-refractivity contribution in [3.63, 3.8) is 0 Å². The van der Waals surface area contributed by atoms with E-state index in [4.69, 9.17) is 44.3 Å². The van der Waals surface area contributed by atoms with E-state index in [1.165, 1.54) is 11.8 Å². The van der Waals surface area contributed by atoms with E-state index in [9.17, 15) is 9.90 Å². The molecular formula is C30H30Cl3N5O4S. The number of ether oxygens (including phenoxy) is 2. The summed E-state index contributed by atoms with van der Waals surface area (Å²) in [5.41, 5.74) is 5.57. The molecule has 1 aliphatic heterocycles. The lowest BCUT2D eigenvalue weighted by Crippen LogP contribution is -2.38. The fourth-order valence-corrected chi connectivity index (χ4v) is 6.00. The van der Waals surface area contributed by atoms with E-state index in [2.05, 4.69) is 27.8 Å². The summed E-state index contributed by atoms with van der Waals surface area (Å²) in [5.74, 6) is -0.00389. The van der Waals surface area contributed by atoms with Gasteiger partial charge in [-0.05, 0) is 44.3 Å². The van der Waals surface area contributed by atoms with Gasteiger partial charge in [0.1, 0.15) is 0 Å². The Hall–Kier alpha value is -2.70. The highest BCUT2D eigenvalue weighted by atomic mass is 35.6. The van der Waals surface area contributed by atoms with Crippen LogP contribution in [0.2, 0.25) is 0 Å². The number of amides is 1. The number of rotatable bonds is 9. The standard InChI is InChI=1S/C30H30Cl3N5O4S/c1-18-25(17-43-29-35-36-37-38(29)2)41-27(42-26(18)22-8-6-19(16-39)7-9-22)23-12-10-21(11-13-23)24-5-3-4-20(14-24)15-34-28(40)30(31,32)33/h3-14,18,25-27,39H,15-17H2,1-2H3,(H,34,40)/t18-,25+,26+,27+/m0/s1. The van der Waals surface area contributed by atoms with E-state index >= 15 is 0 Å². The summed E-state index contributed by atoms with van der Waals surface area (Å²) >= 11 is 18.5. The molecule has 1 saturated heterocycles. The number of tetrazole rings is 1. The summed E-state index contributed by atoms with van der Waals surface area (Å²) in [6, 6.07) is 23.6. The van der Waals surface area contributed by atoms with E-state index < -0.39 is 16.0 Å². The Kier molecular flexibility index (Phi) is 10.3. The Bertz CT molecular complexity index is 1530. The van der Waals surface area contributed by atoms with E-state index in [0.717, 1.165) is 33.4 Å². The Morgan fingerprint density at radius 1 is 1.00 bits per heavy atom. The average Bonchev–Trinajstić information content (AvgIpc) is 3.43. The molecule has 1 fully saturated rings. The number of thioether (sulfide) groups is 1. The first-order chi connectivity index (χ1) is 20.6. The highest BCUT2D eigenvalue weighted by molar-refractivity contribution is 7.99. The number of carbonyl (C=O) groups is 1. The van der Waals surface area contributed by atoms with E-state index in [0.29, 0.717) is 10.9 Å². The zero-order chi connectivity index (χ0) is 30.6. The number of hydrogen-bond acceptors (Lipinski definition) is 8. The van der Waals surface area contributed by atoms with Crippen LogP contribution in [0.4, 0.5) is 0 Å². The van der Waals surface area contributed by atoms with Crippen molar-refractivity contribution in [1.29, 1.82) is 0 Å². The Balaban J connectivity index is 1.34. The van der Waals surface area contributed by atoms with Crippen molar-refractivity contribution in [1.82, 2.24) is 25.5 Å². The first kappa shape index (κ1) is 31.7. The number of benzene rings is 3. The molecular weight excluding hydrogens is 633 g/mol. The molecule has 0 radical (unpaired) electrons. The van der Waals surface area contributed by atoms with Gasteiger partial charge in [-0.1, -0.05) is 120 Å². The molecule has 2 N–H and O–H groups in total. The lowest BCUT2D eigenvalue weighted by atomic mass is 9.91. The van der Waals surface area contributed by atoms with Crippen LogP contribution in [0.5, 0.6) is 0 Å². The predicted octanol–water partition coefficient (Wildman–Crippen LogP) is 5.94. The summed E-state index contributed by atoms with van der Waals surface area (Å²) in [6.45, 7) is 2.33. The van der Waals surface area contributed by atoms with E-state index in [1.54, 1.807) is 4.68 Å². The number of carbonyl (C=O) groups excluding carboxylic acids is 1. The fraction of sp³-hybridized carbons (Fsp3) is 0.333. The van der Waals surface area contributed by atoms with Gasteiger partial charge in [0.15, 0.2) is 6.29 Å². The summed E-state index contributed by atoms with van der Waals surface area (Å²) in [6.07, 6.45) is -0.976. The Morgan fingerprint density at radius 2 is 1.72 bits per heavy atom. The van der Waals surface area contributed by atoms with Gasteiger partial charge in [0.25, 0.3) is 9.70 Å². The third kappa shape index (κ3) is 7.88. The van der Waals surface area contributed by atoms with Crippen molar-refractivity contribution < 1.29 is 19.4 Å². The molecule has 1 aliphatic rings. The Morgan fingerprint density at radius 3 is 2.37 bits per heavy atom. The molecule has 0 bridgehead atoms. The number of aliphatic hydroxyl groups is 1. The molecule has 43 heavy (non-hydrogen) atoms. The summed E-state index contributed by atoms with van der Waals surface area (Å²) in [7, 11) is 1.81. The first-order valence-corrected chi connectivity index (χ1v) is 15.6. The van der Waals surface area contributed by atoms with E-state index in [1.807, 2.05) is 79.8 Å². The van der Waals surface area contributed by atoms with Gasteiger partial charge in [-0.2, -0.15) is 0 Å². The average molecular weight is 663 g/mol. The number of nitrogens with one attached hydrogen (secondary N) is 1. The monoisotopic (exact) mass is 661 g/mol. The normalized spacial score (nSPS) is 20.6. The highest BCUT2D eigenvalue weighted by Gasteiger charge is 2.38. The topological polar surface area (TPSA) is 111 Å². The SMILES string of the molecule is C[C@H]1[C@@H](CSc2nnnn2C)O[C@@H](c2ccc(-c3cccc(CNC(=O)C(Cl)(Cl)Cl)c3)cc2)O[C@H]1c1ccc(CO)cc1. The van der Waals surface area contributed by atoms with Crippen LogP contribution >= 0.6 is 46.6 Å². The number of aromatic nitrogens is 4. The minimum atomic E-state index is -2.01. The van der Waals surface area contributed by atoms with Gasteiger partial charge in [-0.3, -0.25) is 4.79 Å². The summed E-state index contributed by atoms with van der Waals surface area (Å²) in [4.78, 5) is 11.9. The minimum Gasteiger partial charge on any atom is -0.392 e. The molecule has 9 nitrogen and oxygen atoms in total. The van der Waals surface area contributed by atoms with Crippen LogP contribution in [-0.4, -0.2) is 46.9 Å². The fourth-order valence-electron chi connectivity index (χ4n) is 4.79. The number of halogens is 3. The molecule has 0 saturated carbocycles. The Labute approximate surface area is 268 Å². The maximum atomic E-state index is 11.9. The van der Waals surface area contributed by atoms with Crippen LogP contribution in [0.3, 0.4) is 0 Å². The third-order valence-electron chi connectivity index (χ3n) is 7.24. The molecule has 226 valence electrons. The van der Waals surface area contributed by atoms with Crippen LogP contribution < -0.4 is 5.32 Å². The van der Waals surface area contributed by atoms with Gasteiger partial charge in [-0.15, -0.1) is 5.10 Å². The first-order valence-electron chi connectivity index (χ1n) is 13.5. The van der Waals surface area contributed by atoms with Gasteiger partial charge in [0.05, 0.1) is 18.8 Å². The number of aliphatic hydroxyl groups excluding tert-OH is 1. The predicted molar refractivity (Wildman–Crippen MR) is 167 cm³/mol. The largest absolute Gasteiger partial charge is 0.392 e. The second-order valence-corrected chi connectivity index (χ2v) is 13.5. The van der Waals surface area contributed by atoms with Gasteiger partial charge < -0.3 is 19.9 Å². The van der Waals surface area contributed by atoms with Crippen molar-refractivity contribution in [3.8, 4) is 11.1 Å². The van der Waals surface area contributed by atoms with Crippen molar-refractivity contribution in [2.45, 2.75) is 47.5 Å². The van der Waals surface area contributed by atoms with Crippen molar-refractivity contribution in [2.24, 2.45) is 13.0 Å². The quantitative estimate of drug-likeness (QED) is 0.167. The van der Waals surface area contributed by atoms with Crippen molar-refractivity contribution in [3.05, 3.63) is 95.1 Å². The molecule has 0 aliphatic carbocycles. The molecule has 1 aromatic heterocycles. The maximum absolute atomic E-state index is 11.9. The third-order valence-corrected chi connectivity index (χ3v) is 8.85. The molecule has 0 spiro atoms. The summed E-state index contributed by atoms with van der Waals surface area (Å²) < 4.78 is 12.7. The van der Waals surface area contributed by atoms with Crippen LogP contribution in [0.1, 0.15) is 41.6 Å². The van der Waals surface area contributed by atoms with Gasteiger partial charge in [0, 0.05) is 30.8 Å². The van der Waals surface area contributed by atoms with Gasteiger partial charge in [0.2, 0.25) is 5.16 Å². The molecule has 4 aromatic rings. The summed E-state index contributed by atoms with van der Waals surface area (Å²) in [5, 5.41) is 24.6. The second kappa shape index (κ2) is 13.9. The zero-order valence-corrected chi connectivity index (χ0v) is 26.4. The zero-order valence-electron chi connectivity index (χ0n) is 23.4. The second-order valence-electron chi connectivity index (χ2n) is 10.2. The molecule has 13 heteroatoms. The molecule has 1 amide bonds. The van der Waals surface area contributed by atoms with Gasteiger partial charge >= 0.3 is 0 Å². The number of aryl methyl sites for hydroxylation is 1. The van der Waals surface area contributed by atoms with Crippen molar-refractivity contribution >= 4 is 52.5 Å². The maximum Gasteiger partial charge on any atom is 0.272 e. The van der Waals surface area contributed by atoms with E-state index in [-0.39, 0.29) is 31.3 Å². The number of hydrogen-bond donors (Lipinski definition) is 2. The lowest BCUT2D eigenvalue weighted by molar-refractivity contribution is -0.268. The van der Waals surface area contributed by atoms with Crippen LogP contribution in [-0.2, 0) is 34.5 Å². The smallest absolute Gasteiger partial charge is 0.272 e. The molecule has 0 unspecified atom stereocenters. The van der Waals surface area contributed by atoms with Crippen LogP contribution in [0.15, 0.2) is 78.0 Å². The molecule has 2 heterocycles. The molecule has 3 aromatic carbocycles. The lowest BCUT2D eigenvalue weighted by Gasteiger charge is -2.41. The van der Waals surface area contributed by atoms with Crippen LogP contribution in [0.25, 0.3) is 11.1 Å². The number of nitrogens with zero attached hydrogens (tertiary/aromatic N) is 4. The highest BCUT2D eigenvalue weighted by Crippen LogP contribution is 2.43. The number of alkyl halides is 3. The van der Waals surface area contributed by atoms with Gasteiger partial charge in [-0.25, -0.2) is 4.68 Å². The molecule has 5 rings (SSSR count). The minimum absolute atomic E-state index is 0.0169. The van der Waals surface area contributed by atoms with Crippen LogP contribution in [0, 0.1) is 5.92 Å².